The molecule has 0 aliphatic heterocycles. The Labute approximate surface area is 127 Å². The summed E-state index contributed by atoms with van der Waals surface area (Å²) in [5.41, 5.74) is 0.252. The molecule has 0 aromatic heterocycles. The van der Waals surface area contributed by atoms with Gasteiger partial charge in [0.1, 0.15) is 0 Å². The van der Waals surface area contributed by atoms with Gasteiger partial charge in [0.15, 0.2) is 0 Å². The third kappa shape index (κ3) is 4.63. The van der Waals surface area contributed by atoms with E-state index in [1.807, 2.05) is 38.1 Å². The summed E-state index contributed by atoms with van der Waals surface area (Å²) in [5.74, 6) is -1.04. The molecule has 1 atom stereocenters. The number of hydrogen-bond donors (Lipinski definition) is 2. The van der Waals surface area contributed by atoms with Crippen molar-refractivity contribution in [2.45, 2.75) is 32.6 Å². The minimum Gasteiger partial charge on any atom is -0.481 e. The van der Waals surface area contributed by atoms with Crippen LogP contribution in [-0.2, 0) is 15.0 Å². The minimum absolute atomic E-state index is 0.0532. The van der Waals surface area contributed by atoms with Crippen LogP contribution in [0.2, 0.25) is 0 Å². The summed E-state index contributed by atoms with van der Waals surface area (Å²) in [6.07, 6.45) is 0.0532. The van der Waals surface area contributed by atoms with E-state index < -0.39 is 11.4 Å². The number of carboxylic acid groups (broad SMARTS) is 1. The SMILES string of the molecule is CC(CNC(=O)C(C)(C)c1cccc(Br)c1)CC(=O)O. The van der Waals surface area contributed by atoms with E-state index >= 15 is 0 Å². The Hall–Kier alpha value is -1.36. The molecule has 0 saturated carbocycles. The fraction of sp³-hybridized carbons (Fsp3) is 0.467. The molecule has 2 N–H and O–H groups in total. The van der Waals surface area contributed by atoms with Crippen molar-refractivity contribution in [3.63, 3.8) is 0 Å². The molecule has 5 heteroatoms. The highest BCUT2D eigenvalue weighted by atomic mass is 79.9. The smallest absolute Gasteiger partial charge is 0.303 e. The molecule has 0 heterocycles. The fourth-order valence-corrected chi connectivity index (χ4v) is 2.27. The van der Waals surface area contributed by atoms with E-state index in [4.69, 9.17) is 5.11 Å². The standard InChI is InChI=1S/C15H20BrNO3/c1-10(7-13(18)19)9-17-14(20)15(2,3)11-5-4-6-12(16)8-11/h4-6,8,10H,7,9H2,1-3H3,(H,17,20)(H,18,19). The predicted octanol–water partition coefficient (Wildman–Crippen LogP) is 2.95. The number of rotatable bonds is 6. The molecule has 110 valence electrons. The van der Waals surface area contributed by atoms with Crippen LogP contribution in [0.25, 0.3) is 0 Å². The van der Waals surface area contributed by atoms with Crippen LogP contribution in [-0.4, -0.2) is 23.5 Å². The lowest BCUT2D eigenvalue weighted by Crippen LogP contribution is -2.42. The second-order valence-electron chi connectivity index (χ2n) is 5.55. The lowest BCUT2D eigenvalue weighted by atomic mass is 9.83. The van der Waals surface area contributed by atoms with Gasteiger partial charge in [0, 0.05) is 17.4 Å². The van der Waals surface area contributed by atoms with Crippen LogP contribution in [0.5, 0.6) is 0 Å². The third-order valence-corrected chi connectivity index (χ3v) is 3.74. The third-order valence-electron chi connectivity index (χ3n) is 3.25. The molecule has 0 aliphatic rings. The van der Waals surface area contributed by atoms with Gasteiger partial charge in [-0.1, -0.05) is 35.0 Å². The summed E-state index contributed by atoms with van der Waals surface area (Å²) < 4.78 is 0.926. The van der Waals surface area contributed by atoms with Crippen molar-refractivity contribution < 1.29 is 14.7 Å². The molecule has 0 aliphatic carbocycles. The van der Waals surface area contributed by atoms with Crippen LogP contribution >= 0.6 is 15.9 Å². The van der Waals surface area contributed by atoms with Gasteiger partial charge in [0.05, 0.1) is 5.41 Å². The maximum Gasteiger partial charge on any atom is 0.303 e. The zero-order valence-electron chi connectivity index (χ0n) is 11.9. The van der Waals surface area contributed by atoms with Gasteiger partial charge >= 0.3 is 5.97 Å². The van der Waals surface area contributed by atoms with E-state index in [1.165, 1.54) is 0 Å². The van der Waals surface area contributed by atoms with E-state index in [0.717, 1.165) is 10.0 Å². The number of aliphatic carboxylic acids is 1. The van der Waals surface area contributed by atoms with Crippen LogP contribution in [0.3, 0.4) is 0 Å². The van der Waals surface area contributed by atoms with Crippen LogP contribution in [0.1, 0.15) is 32.8 Å². The van der Waals surface area contributed by atoms with Crippen LogP contribution < -0.4 is 5.32 Å². The molecule has 0 saturated heterocycles. The van der Waals surface area contributed by atoms with Crippen molar-refractivity contribution in [1.82, 2.24) is 5.32 Å². The lowest BCUT2D eigenvalue weighted by Gasteiger charge is -2.25. The molecular weight excluding hydrogens is 322 g/mol. The van der Waals surface area contributed by atoms with E-state index in [-0.39, 0.29) is 18.2 Å². The predicted molar refractivity (Wildman–Crippen MR) is 81.6 cm³/mol. The van der Waals surface area contributed by atoms with Crippen molar-refractivity contribution >= 4 is 27.8 Å². The van der Waals surface area contributed by atoms with Gasteiger partial charge < -0.3 is 10.4 Å². The van der Waals surface area contributed by atoms with Crippen molar-refractivity contribution in [3.8, 4) is 0 Å². The first-order chi connectivity index (χ1) is 9.23. The average molecular weight is 342 g/mol. The molecule has 0 fully saturated rings. The number of carboxylic acids is 1. The first-order valence-electron chi connectivity index (χ1n) is 6.49. The summed E-state index contributed by atoms with van der Waals surface area (Å²) in [5, 5.41) is 11.5. The number of hydrogen-bond acceptors (Lipinski definition) is 2. The Morgan fingerprint density at radius 2 is 2.05 bits per heavy atom. The molecule has 1 rings (SSSR count). The van der Waals surface area contributed by atoms with Crippen molar-refractivity contribution in [3.05, 3.63) is 34.3 Å². The normalized spacial score (nSPS) is 12.8. The van der Waals surface area contributed by atoms with Gasteiger partial charge in [0.25, 0.3) is 0 Å². The van der Waals surface area contributed by atoms with Gasteiger partial charge in [-0.15, -0.1) is 0 Å². The van der Waals surface area contributed by atoms with Gasteiger partial charge in [-0.25, -0.2) is 0 Å². The van der Waals surface area contributed by atoms with Crippen LogP contribution in [0.15, 0.2) is 28.7 Å². The van der Waals surface area contributed by atoms with Crippen molar-refractivity contribution in [1.29, 1.82) is 0 Å². The molecule has 4 nitrogen and oxygen atoms in total. The number of carbonyl (C=O) groups excluding carboxylic acids is 1. The first kappa shape index (κ1) is 16.7. The molecule has 1 aromatic carbocycles. The maximum absolute atomic E-state index is 12.3. The zero-order valence-corrected chi connectivity index (χ0v) is 13.5. The molecule has 0 radical (unpaired) electrons. The maximum atomic E-state index is 12.3. The van der Waals surface area contributed by atoms with Crippen molar-refractivity contribution in [2.24, 2.45) is 5.92 Å². The Morgan fingerprint density at radius 1 is 1.40 bits per heavy atom. The molecule has 20 heavy (non-hydrogen) atoms. The van der Waals surface area contributed by atoms with E-state index in [0.29, 0.717) is 6.54 Å². The molecule has 1 unspecified atom stereocenters. The molecular formula is C15H20BrNO3. The highest BCUT2D eigenvalue weighted by Gasteiger charge is 2.29. The van der Waals surface area contributed by atoms with Gasteiger partial charge in [-0.2, -0.15) is 0 Å². The molecule has 0 spiro atoms. The molecule has 0 bridgehead atoms. The lowest BCUT2D eigenvalue weighted by molar-refractivity contribution is -0.138. The molecule has 1 aromatic rings. The number of benzene rings is 1. The Bertz CT molecular complexity index is 500. The summed E-state index contributed by atoms with van der Waals surface area (Å²) >= 11 is 3.40. The first-order valence-corrected chi connectivity index (χ1v) is 7.29. The quantitative estimate of drug-likeness (QED) is 0.835. The van der Waals surface area contributed by atoms with Crippen LogP contribution in [0, 0.1) is 5.92 Å². The number of amides is 1. The largest absolute Gasteiger partial charge is 0.481 e. The Kier molecular flexibility index (Phi) is 5.74. The van der Waals surface area contributed by atoms with Crippen molar-refractivity contribution in [2.75, 3.05) is 6.54 Å². The highest BCUT2D eigenvalue weighted by Crippen LogP contribution is 2.26. The van der Waals surface area contributed by atoms with Crippen LogP contribution in [0.4, 0.5) is 0 Å². The van der Waals surface area contributed by atoms with E-state index in [2.05, 4.69) is 21.2 Å². The number of carbonyl (C=O) groups is 2. The second kappa shape index (κ2) is 6.88. The minimum atomic E-state index is -0.849. The van der Waals surface area contributed by atoms with Gasteiger partial charge in [-0.3, -0.25) is 9.59 Å². The highest BCUT2D eigenvalue weighted by molar-refractivity contribution is 9.10. The van der Waals surface area contributed by atoms with Gasteiger partial charge in [0.2, 0.25) is 5.91 Å². The van der Waals surface area contributed by atoms with E-state index in [1.54, 1.807) is 6.92 Å². The second-order valence-corrected chi connectivity index (χ2v) is 6.46. The average Bonchev–Trinajstić information content (AvgIpc) is 2.35. The fourth-order valence-electron chi connectivity index (χ4n) is 1.87. The monoisotopic (exact) mass is 341 g/mol. The summed E-state index contributed by atoms with van der Waals surface area (Å²) in [6, 6.07) is 7.62. The van der Waals surface area contributed by atoms with E-state index in [9.17, 15) is 9.59 Å². The Balaban J connectivity index is 2.68. The zero-order chi connectivity index (χ0) is 15.3. The summed E-state index contributed by atoms with van der Waals surface area (Å²) in [6.45, 7) is 5.88. The topological polar surface area (TPSA) is 66.4 Å². The summed E-state index contributed by atoms with van der Waals surface area (Å²) in [4.78, 5) is 22.9. The Morgan fingerprint density at radius 3 is 2.60 bits per heavy atom. The summed E-state index contributed by atoms with van der Waals surface area (Å²) in [7, 11) is 0. The number of nitrogens with one attached hydrogen (secondary N) is 1. The van der Waals surface area contributed by atoms with Gasteiger partial charge in [-0.05, 0) is 37.5 Å². The molecule has 1 amide bonds. The number of halogens is 1.